The Kier molecular flexibility index (Phi) is 4.52. The number of nitrogens with zero attached hydrogens (tertiary/aromatic N) is 3. The lowest BCUT2D eigenvalue weighted by Crippen LogP contribution is -2.43. The third kappa shape index (κ3) is 3.51. The van der Waals surface area contributed by atoms with Crippen molar-refractivity contribution in [1.29, 1.82) is 0 Å². The van der Waals surface area contributed by atoms with Crippen LogP contribution < -0.4 is 0 Å². The Morgan fingerprint density at radius 2 is 2.18 bits per heavy atom. The third-order valence-corrected chi connectivity index (χ3v) is 5.28. The molecule has 22 heavy (non-hydrogen) atoms. The summed E-state index contributed by atoms with van der Waals surface area (Å²) in [6.45, 7) is 1.65. The second-order valence-electron chi connectivity index (χ2n) is 7.11. The van der Waals surface area contributed by atoms with Crippen LogP contribution in [-0.2, 0) is 18.3 Å². The first-order valence-corrected chi connectivity index (χ1v) is 8.52. The Bertz CT molecular complexity index is 520. The summed E-state index contributed by atoms with van der Waals surface area (Å²) >= 11 is 0. The Morgan fingerprint density at radius 3 is 2.86 bits per heavy atom. The largest absolute Gasteiger partial charge is 0.389 e. The van der Waals surface area contributed by atoms with Crippen molar-refractivity contribution in [2.75, 3.05) is 13.1 Å². The van der Waals surface area contributed by atoms with Crippen LogP contribution in [0, 0.1) is 5.92 Å². The van der Waals surface area contributed by atoms with Crippen molar-refractivity contribution in [2.24, 2.45) is 13.0 Å². The Morgan fingerprint density at radius 1 is 1.41 bits per heavy atom. The molecule has 2 heterocycles. The Labute approximate surface area is 132 Å². The number of carbonyl (C=O) groups is 1. The van der Waals surface area contributed by atoms with Crippen LogP contribution in [0.15, 0.2) is 12.4 Å². The first-order valence-electron chi connectivity index (χ1n) is 8.52. The molecule has 1 aliphatic carbocycles. The lowest BCUT2D eigenvalue weighted by atomic mass is 9.92. The second kappa shape index (κ2) is 6.41. The Hall–Kier alpha value is -1.36. The summed E-state index contributed by atoms with van der Waals surface area (Å²) in [4.78, 5) is 18.9. The Balaban J connectivity index is 1.56. The van der Waals surface area contributed by atoms with E-state index < -0.39 is 5.60 Å². The molecule has 1 saturated carbocycles. The zero-order chi connectivity index (χ0) is 15.6. The van der Waals surface area contributed by atoms with Crippen LogP contribution in [0.25, 0.3) is 0 Å². The summed E-state index contributed by atoms with van der Waals surface area (Å²) in [5.74, 6) is 1.71. The highest BCUT2D eigenvalue weighted by atomic mass is 16.3. The lowest BCUT2D eigenvalue weighted by Gasteiger charge is -2.34. The van der Waals surface area contributed by atoms with Crippen LogP contribution in [0.2, 0.25) is 0 Å². The van der Waals surface area contributed by atoms with Gasteiger partial charge in [-0.15, -0.1) is 0 Å². The van der Waals surface area contributed by atoms with Gasteiger partial charge in [0.1, 0.15) is 5.82 Å². The van der Waals surface area contributed by atoms with E-state index >= 15 is 0 Å². The van der Waals surface area contributed by atoms with Crippen LogP contribution in [0.5, 0.6) is 0 Å². The second-order valence-corrected chi connectivity index (χ2v) is 7.11. The summed E-state index contributed by atoms with van der Waals surface area (Å²) in [6, 6.07) is 0. The first kappa shape index (κ1) is 15.5. The van der Waals surface area contributed by atoms with E-state index in [-0.39, 0.29) is 5.91 Å². The number of aryl methyl sites for hydroxylation is 1. The van der Waals surface area contributed by atoms with E-state index in [9.17, 15) is 9.90 Å². The highest BCUT2D eigenvalue weighted by Crippen LogP contribution is 2.33. The van der Waals surface area contributed by atoms with Crippen molar-refractivity contribution in [1.82, 2.24) is 14.5 Å². The minimum Gasteiger partial charge on any atom is -0.389 e. The maximum Gasteiger partial charge on any atom is 0.225 e. The maximum absolute atomic E-state index is 12.5. The van der Waals surface area contributed by atoms with Gasteiger partial charge in [-0.25, -0.2) is 4.98 Å². The van der Waals surface area contributed by atoms with Crippen molar-refractivity contribution >= 4 is 5.91 Å². The SMILES string of the molecule is Cn1ccnc1CC1CCCN(C(=O)CC2(O)CCCC2)C1. The number of hydrogen-bond acceptors (Lipinski definition) is 3. The fourth-order valence-corrected chi connectivity index (χ4v) is 3.91. The van der Waals surface area contributed by atoms with Gasteiger partial charge in [-0.2, -0.15) is 0 Å². The molecule has 3 rings (SSSR count). The van der Waals surface area contributed by atoms with Gasteiger partial charge in [0.2, 0.25) is 5.91 Å². The number of hydrogen-bond donors (Lipinski definition) is 1. The number of likely N-dealkylation sites (tertiary alicyclic amines) is 1. The summed E-state index contributed by atoms with van der Waals surface area (Å²) < 4.78 is 2.06. The van der Waals surface area contributed by atoms with Gasteiger partial charge in [-0.1, -0.05) is 12.8 Å². The quantitative estimate of drug-likeness (QED) is 0.924. The number of carbonyl (C=O) groups excluding carboxylic acids is 1. The molecule has 0 spiro atoms. The van der Waals surface area contributed by atoms with Crippen LogP contribution >= 0.6 is 0 Å². The van der Waals surface area contributed by atoms with Crippen LogP contribution in [-0.4, -0.2) is 44.2 Å². The topological polar surface area (TPSA) is 58.4 Å². The van der Waals surface area contributed by atoms with E-state index in [1.807, 2.05) is 24.3 Å². The predicted octanol–water partition coefficient (Wildman–Crippen LogP) is 1.90. The van der Waals surface area contributed by atoms with Gasteiger partial charge < -0.3 is 14.6 Å². The van der Waals surface area contributed by atoms with Gasteiger partial charge in [0, 0.05) is 39.0 Å². The highest BCUT2D eigenvalue weighted by Gasteiger charge is 2.36. The average Bonchev–Trinajstić information content (AvgIpc) is 3.09. The van der Waals surface area contributed by atoms with Gasteiger partial charge in [-0.3, -0.25) is 4.79 Å². The predicted molar refractivity (Wildman–Crippen MR) is 84.3 cm³/mol. The smallest absolute Gasteiger partial charge is 0.225 e. The summed E-state index contributed by atoms with van der Waals surface area (Å²) in [6.07, 6.45) is 10.9. The monoisotopic (exact) mass is 305 g/mol. The summed E-state index contributed by atoms with van der Waals surface area (Å²) in [5.41, 5.74) is -0.732. The zero-order valence-electron chi connectivity index (χ0n) is 13.5. The van der Waals surface area contributed by atoms with Crippen molar-refractivity contribution in [3.63, 3.8) is 0 Å². The third-order valence-electron chi connectivity index (χ3n) is 5.28. The molecule has 1 aliphatic heterocycles. The standard InChI is InChI=1S/C17H27N3O2/c1-19-10-8-18-15(19)11-14-5-4-9-20(13-14)16(21)12-17(22)6-2-3-7-17/h8,10,14,22H,2-7,9,11-13H2,1H3. The first-order chi connectivity index (χ1) is 10.6. The fourth-order valence-electron chi connectivity index (χ4n) is 3.91. The number of aromatic nitrogens is 2. The molecule has 1 N–H and O–H groups in total. The zero-order valence-corrected chi connectivity index (χ0v) is 13.5. The molecule has 2 fully saturated rings. The molecule has 5 heteroatoms. The minimum absolute atomic E-state index is 0.133. The van der Waals surface area contributed by atoms with Gasteiger partial charge in [0.15, 0.2) is 0 Å². The highest BCUT2D eigenvalue weighted by molar-refractivity contribution is 5.77. The fraction of sp³-hybridized carbons (Fsp3) is 0.765. The molecule has 5 nitrogen and oxygen atoms in total. The molecular weight excluding hydrogens is 278 g/mol. The molecule has 122 valence electrons. The number of rotatable bonds is 4. The molecule has 2 aliphatic rings. The molecule has 0 bridgehead atoms. The van der Waals surface area contributed by atoms with E-state index in [1.54, 1.807) is 0 Å². The van der Waals surface area contributed by atoms with Gasteiger partial charge in [-0.05, 0) is 31.6 Å². The van der Waals surface area contributed by atoms with Crippen molar-refractivity contribution in [3.8, 4) is 0 Å². The normalized spacial score (nSPS) is 24.6. The van der Waals surface area contributed by atoms with Crippen molar-refractivity contribution in [3.05, 3.63) is 18.2 Å². The molecule has 1 unspecified atom stereocenters. The van der Waals surface area contributed by atoms with E-state index in [2.05, 4.69) is 9.55 Å². The maximum atomic E-state index is 12.5. The molecule has 0 radical (unpaired) electrons. The number of aliphatic hydroxyl groups is 1. The molecule has 1 aromatic rings. The van der Waals surface area contributed by atoms with Crippen LogP contribution in [0.4, 0.5) is 0 Å². The molecule has 1 atom stereocenters. The lowest BCUT2D eigenvalue weighted by molar-refractivity contribution is -0.138. The molecule has 1 saturated heterocycles. The van der Waals surface area contributed by atoms with Crippen molar-refractivity contribution in [2.45, 2.75) is 57.0 Å². The van der Waals surface area contributed by atoms with E-state index in [0.29, 0.717) is 12.3 Å². The molecule has 0 aromatic carbocycles. The van der Waals surface area contributed by atoms with Gasteiger partial charge in [0.25, 0.3) is 0 Å². The van der Waals surface area contributed by atoms with E-state index in [0.717, 1.165) is 63.9 Å². The van der Waals surface area contributed by atoms with Crippen molar-refractivity contribution < 1.29 is 9.90 Å². The number of amides is 1. The average molecular weight is 305 g/mol. The summed E-state index contributed by atoms with van der Waals surface area (Å²) in [7, 11) is 2.02. The molecule has 1 aromatic heterocycles. The molecule has 1 amide bonds. The minimum atomic E-state index is -0.732. The summed E-state index contributed by atoms with van der Waals surface area (Å²) in [5, 5.41) is 10.4. The van der Waals surface area contributed by atoms with E-state index in [4.69, 9.17) is 0 Å². The van der Waals surface area contributed by atoms with E-state index in [1.165, 1.54) is 0 Å². The van der Waals surface area contributed by atoms with Crippen LogP contribution in [0.1, 0.15) is 50.8 Å². The number of imidazole rings is 1. The molecular formula is C17H27N3O2. The van der Waals surface area contributed by atoms with Gasteiger partial charge in [0.05, 0.1) is 12.0 Å². The van der Waals surface area contributed by atoms with Crippen LogP contribution in [0.3, 0.4) is 0 Å². The van der Waals surface area contributed by atoms with Gasteiger partial charge >= 0.3 is 0 Å². The number of piperidine rings is 1.